The van der Waals surface area contributed by atoms with Crippen molar-refractivity contribution in [3.63, 3.8) is 0 Å². The van der Waals surface area contributed by atoms with E-state index in [9.17, 15) is 14.4 Å². The first kappa shape index (κ1) is 22.1. The highest BCUT2D eigenvalue weighted by atomic mass is 32.2. The number of carbonyl (C=O) groups excluding carboxylic acids is 3. The van der Waals surface area contributed by atoms with Crippen molar-refractivity contribution in [1.29, 1.82) is 0 Å². The van der Waals surface area contributed by atoms with E-state index in [0.29, 0.717) is 17.1 Å². The van der Waals surface area contributed by atoms with E-state index >= 15 is 0 Å². The molecule has 0 aliphatic carbocycles. The summed E-state index contributed by atoms with van der Waals surface area (Å²) in [5.41, 5.74) is 2.02. The zero-order valence-corrected chi connectivity index (χ0v) is 18.4. The number of hydrogen-bond acceptors (Lipinski definition) is 3. The lowest BCUT2D eigenvalue weighted by Gasteiger charge is -2.17. The fourth-order valence-corrected chi connectivity index (χ4v) is 5.54. The molecule has 0 unspecified atom stereocenters. The minimum atomic E-state index is -0.743. The van der Waals surface area contributed by atoms with Crippen molar-refractivity contribution in [2.75, 3.05) is 16.0 Å². The number of para-hydroxylation sites is 3. The van der Waals surface area contributed by atoms with Crippen molar-refractivity contribution in [2.24, 2.45) is 0 Å². The fourth-order valence-electron chi connectivity index (χ4n) is 3.17. The van der Waals surface area contributed by atoms with E-state index < -0.39 is 10.9 Å². The molecule has 158 valence electrons. The topological polar surface area (TPSA) is 87.3 Å². The normalized spacial score (nSPS) is 10.5. The van der Waals surface area contributed by atoms with Crippen LogP contribution in [0.1, 0.15) is 20.8 Å². The van der Waals surface area contributed by atoms with Gasteiger partial charge in [0.05, 0.1) is 17.1 Å². The zero-order chi connectivity index (χ0) is 22.4. The number of anilines is 3. The Morgan fingerprint density at radius 2 is 0.774 bits per heavy atom. The van der Waals surface area contributed by atoms with Crippen molar-refractivity contribution >= 4 is 45.7 Å². The number of benzene rings is 3. The summed E-state index contributed by atoms with van der Waals surface area (Å²) in [5, 5.41) is 8.72. The van der Waals surface area contributed by atoms with Gasteiger partial charge in [0, 0.05) is 20.8 Å². The lowest BCUT2D eigenvalue weighted by atomic mass is 10.3. The largest absolute Gasteiger partial charge is 0.322 e. The Labute approximate surface area is 184 Å². The highest BCUT2D eigenvalue weighted by Gasteiger charge is 2.36. The van der Waals surface area contributed by atoms with Gasteiger partial charge in [0.1, 0.15) is 10.9 Å². The van der Waals surface area contributed by atoms with Crippen molar-refractivity contribution in [3.05, 3.63) is 72.8 Å². The van der Waals surface area contributed by atoms with Gasteiger partial charge in [0.2, 0.25) is 17.7 Å². The second kappa shape index (κ2) is 9.95. The molecule has 0 aromatic heterocycles. The molecule has 0 heterocycles. The van der Waals surface area contributed by atoms with Crippen LogP contribution in [-0.2, 0) is 25.3 Å². The molecule has 0 spiro atoms. The van der Waals surface area contributed by atoms with Crippen LogP contribution in [0.4, 0.5) is 17.1 Å². The molecule has 0 aliphatic heterocycles. The SMILES string of the molecule is CC(=O)Nc1ccccc1[S+](c1ccccc1NC(C)=O)c1ccccc1NC(C)=O. The quantitative estimate of drug-likeness (QED) is 0.493. The molecule has 0 saturated carbocycles. The number of carbonyl (C=O) groups is 3. The summed E-state index contributed by atoms with van der Waals surface area (Å²) >= 11 is 0. The molecule has 3 aromatic carbocycles. The monoisotopic (exact) mass is 434 g/mol. The minimum absolute atomic E-state index is 0.179. The van der Waals surface area contributed by atoms with Crippen LogP contribution in [0.25, 0.3) is 0 Å². The van der Waals surface area contributed by atoms with E-state index in [4.69, 9.17) is 0 Å². The van der Waals surface area contributed by atoms with Crippen LogP contribution in [0.2, 0.25) is 0 Å². The molecule has 0 radical (unpaired) electrons. The Balaban J connectivity index is 2.30. The van der Waals surface area contributed by atoms with E-state index in [-0.39, 0.29) is 17.7 Å². The Bertz CT molecular complexity index is 989. The molecule has 7 heteroatoms. The second-order valence-electron chi connectivity index (χ2n) is 6.84. The highest BCUT2D eigenvalue weighted by molar-refractivity contribution is 7.97. The summed E-state index contributed by atoms with van der Waals surface area (Å²) in [7, 11) is -0.743. The summed E-state index contributed by atoms with van der Waals surface area (Å²) in [4.78, 5) is 38.2. The van der Waals surface area contributed by atoms with Gasteiger partial charge in [-0.1, -0.05) is 36.4 Å². The molecule has 0 atom stereocenters. The number of rotatable bonds is 6. The first-order valence-electron chi connectivity index (χ1n) is 9.71. The van der Waals surface area contributed by atoms with Gasteiger partial charge in [-0.2, -0.15) is 0 Å². The maximum absolute atomic E-state index is 11.9. The second-order valence-corrected chi connectivity index (χ2v) is 8.77. The average Bonchev–Trinajstić information content (AvgIpc) is 2.70. The fraction of sp³-hybridized carbons (Fsp3) is 0.125. The third kappa shape index (κ3) is 5.52. The van der Waals surface area contributed by atoms with Gasteiger partial charge in [0.25, 0.3) is 0 Å². The van der Waals surface area contributed by atoms with Gasteiger partial charge in [-0.05, 0) is 36.4 Å². The smallest absolute Gasteiger partial charge is 0.221 e. The van der Waals surface area contributed by atoms with Crippen LogP contribution in [0.3, 0.4) is 0 Å². The standard InChI is InChI=1S/C24H23N3O3S/c1-16(28)25-19-10-4-7-13-22(19)31(23-14-8-5-11-20(23)26-17(2)29)24-15-9-6-12-21(24)27-18(3)30/h4-15H,1-3H3,(H2-,25,26,27,28,29,30)/p+1. The van der Waals surface area contributed by atoms with E-state index in [0.717, 1.165) is 14.7 Å². The van der Waals surface area contributed by atoms with E-state index in [1.807, 2.05) is 72.8 Å². The molecule has 3 aromatic rings. The van der Waals surface area contributed by atoms with Crippen LogP contribution < -0.4 is 16.0 Å². The van der Waals surface area contributed by atoms with Crippen molar-refractivity contribution in [1.82, 2.24) is 0 Å². The van der Waals surface area contributed by atoms with Crippen molar-refractivity contribution in [3.8, 4) is 0 Å². The van der Waals surface area contributed by atoms with Crippen molar-refractivity contribution in [2.45, 2.75) is 35.5 Å². The third-order valence-electron chi connectivity index (χ3n) is 4.25. The van der Waals surface area contributed by atoms with Gasteiger partial charge >= 0.3 is 0 Å². The molecule has 0 aliphatic rings. The van der Waals surface area contributed by atoms with Gasteiger partial charge in [0.15, 0.2) is 14.7 Å². The molecular formula is C24H24N3O3S+. The van der Waals surface area contributed by atoms with Gasteiger partial charge in [-0.25, -0.2) is 0 Å². The third-order valence-corrected chi connectivity index (χ3v) is 6.64. The van der Waals surface area contributed by atoms with Gasteiger partial charge in [-0.15, -0.1) is 0 Å². The zero-order valence-electron chi connectivity index (χ0n) is 17.6. The molecule has 0 bridgehead atoms. The van der Waals surface area contributed by atoms with Gasteiger partial charge in [-0.3, -0.25) is 14.4 Å². The Hall–Kier alpha value is -3.58. The summed E-state index contributed by atoms with van der Waals surface area (Å²) in [6.07, 6.45) is 0. The summed E-state index contributed by atoms with van der Waals surface area (Å²) in [6, 6.07) is 22.7. The number of hydrogen-bond donors (Lipinski definition) is 3. The van der Waals surface area contributed by atoms with E-state index in [2.05, 4.69) is 16.0 Å². The molecule has 3 rings (SSSR count). The molecule has 0 fully saturated rings. The summed E-state index contributed by atoms with van der Waals surface area (Å²) in [6.45, 7) is 4.39. The number of nitrogens with one attached hydrogen (secondary N) is 3. The lowest BCUT2D eigenvalue weighted by Crippen LogP contribution is -2.17. The summed E-state index contributed by atoms with van der Waals surface area (Å²) in [5.74, 6) is -0.538. The first-order valence-corrected chi connectivity index (χ1v) is 10.9. The molecular weight excluding hydrogens is 410 g/mol. The van der Waals surface area contributed by atoms with Crippen LogP contribution in [-0.4, -0.2) is 17.7 Å². The lowest BCUT2D eigenvalue weighted by molar-refractivity contribution is -0.115. The van der Waals surface area contributed by atoms with E-state index in [1.54, 1.807) is 0 Å². The maximum Gasteiger partial charge on any atom is 0.221 e. The highest BCUT2D eigenvalue weighted by Crippen LogP contribution is 2.41. The molecule has 31 heavy (non-hydrogen) atoms. The Morgan fingerprint density at radius 1 is 0.516 bits per heavy atom. The number of amides is 3. The molecule has 0 saturated heterocycles. The first-order chi connectivity index (χ1) is 14.9. The minimum Gasteiger partial charge on any atom is -0.322 e. The van der Waals surface area contributed by atoms with E-state index in [1.165, 1.54) is 20.8 Å². The van der Waals surface area contributed by atoms with Crippen LogP contribution in [0.15, 0.2) is 87.5 Å². The van der Waals surface area contributed by atoms with Gasteiger partial charge < -0.3 is 16.0 Å². The summed E-state index contributed by atoms with van der Waals surface area (Å²) < 4.78 is 0. The van der Waals surface area contributed by atoms with Crippen molar-refractivity contribution < 1.29 is 14.4 Å². The van der Waals surface area contributed by atoms with Crippen LogP contribution >= 0.6 is 0 Å². The Morgan fingerprint density at radius 3 is 1.03 bits per heavy atom. The predicted molar refractivity (Wildman–Crippen MR) is 124 cm³/mol. The molecule has 6 nitrogen and oxygen atoms in total. The predicted octanol–water partition coefficient (Wildman–Crippen LogP) is 4.66. The Kier molecular flexibility index (Phi) is 7.10. The molecule has 3 N–H and O–H groups in total. The van der Waals surface area contributed by atoms with Crippen LogP contribution in [0, 0.1) is 0 Å². The average molecular weight is 435 g/mol. The van der Waals surface area contributed by atoms with Crippen LogP contribution in [0.5, 0.6) is 0 Å². The molecule has 3 amide bonds. The maximum atomic E-state index is 11.9.